The van der Waals surface area contributed by atoms with E-state index in [2.05, 4.69) is 29.9 Å². The maximum absolute atomic E-state index is 16.8. The van der Waals surface area contributed by atoms with Gasteiger partial charge in [-0.1, -0.05) is 19.1 Å². The number of nitrogens with two attached hydrogens (primary N) is 2. The van der Waals surface area contributed by atoms with Crippen molar-refractivity contribution < 1.29 is 59.7 Å². The van der Waals surface area contributed by atoms with Crippen LogP contribution in [-0.2, 0) is 42.5 Å². The number of hydrogen-bond acceptors (Lipinski definition) is 20. The number of hydrogen-bond donors (Lipinski definition) is 3. The van der Waals surface area contributed by atoms with Gasteiger partial charge in [-0.25, -0.2) is 38.1 Å². The molecule has 3 saturated heterocycles. The van der Waals surface area contributed by atoms with Gasteiger partial charge in [0.2, 0.25) is 13.5 Å². The van der Waals surface area contributed by atoms with Gasteiger partial charge in [0, 0.05) is 5.75 Å². The summed E-state index contributed by atoms with van der Waals surface area (Å²) in [6, 6.07) is 12.7. The fourth-order valence-corrected chi connectivity index (χ4v) is 11.6. The van der Waals surface area contributed by atoms with E-state index in [0.29, 0.717) is 34.9 Å². The van der Waals surface area contributed by atoms with Crippen molar-refractivity contribution in [1.29, 1.82) is 0 Å². The number of halogens is 2. The number of fused-ring (bicyclic) bond motifs is 4. The van der Waals surface area contributed by atoms with Crippen LogP contribution in [0, 0.1) is 0 Å². The lowest BCUT2D eigenvalue weighted by atomic mass is 10.1. The topological polar surface area (TPSA) is 284 Å². The molecule has 2 radical (unpaired) electrons. The van der Waals surface area contributed by atoms with E-state index >= 15 is 8.78 Å². The van der Waals surface area contributed by atoms with Crippen LogP contribution < -0.4 is 26.5 Å². The van der Waals surface area contributed by atoms with Gasteiger partial charge >= 0.3 is 12.8 Å². The lowest BCUT2D eigenvalue weighted by molar-refractivity contribution is -0.0546. The Morgan fingerprint density at radius 2 is 1.51 bits per heavy atom. The Kier molecular flexibility index (Phi) is 12.6. The predicted octanol–water partition coefficient (Wildman–Crippen LogP) is 4.74. The number of carbonyl (C=O) groups excluding carboxylic acids is 1. The maximum Gasteiger partial charge on any atom is 0.389 e. The molecule has 0 spiro atoms. The zero-order valence-corrected chi connectivity index (χ0v) is 36.4. The van der Waals surface area contributed by atoms with Crippen LogP contribution in [0.1, 0.15) is 41.7 Å². The minimum Gasteiger partial charge on any atom is -0.494 e. The molecule has 4 aromatic heterocycles. The first-order valence-corrected chi connectivity index (χ1v) is 24.5. The first-order valence-electron chi connectivity index (χ1n) is 19.8. The van der Waals surface area contributed by atoms with Gasteiger partial charge in [0.05, 0.1) is 38.0 Å². The number of aromatic amines is 1. The van der Waals surface area contributed by atoms with Crippen LogP contribution in [0.15, 0.2) is 72.3 Å². The number of nitrogens with one attached hydrogen (secondary N) is 1. The van der Waals surface area contributed by atoms with Crippen molar-refractivity contribution in [3.63, 3.8) is 0 Å². The molecule has 0 unspecified atom stereocenters. The molecule has 340 valence electrons. The third kappa shape index (κ3) is 9.27. The molecule has 0 amide bonds. The molecule has 0 saturated carbocycles. The number of imidazole rings is 2. The number of ether oxygens (including phenoxy) is 4. The van der Waals surface area contributed by atoms with Crippen molar-refractivity contribution >= 4 is 73.3 Å². The van der Waals surface area contributed by atoms with Crippen LogP contribution in [0.5, 0.6) is 11.5 Å². The van der Waals surface area contributed by atoms with Crippen molar-refractivity contribution in [3.8, 4) is 11.5 Å². The SMILES string of the molecule is [B][P@]1(=O)OC[C@H]2O[C@@H](n3cnc4c(N)ncnc43)[C@H](F)[C@@H]2O[P@@](=O)(SCc2ccc(OC(=O)c3ccc(OCCC)cc3)cc2)OC[C@H]2O[C@@H](n3cnc4c(=O)[nH]c(N)nc43)[C@H](F)[C@@H]2O1. The molecule has 3 aliphatic rings. The molecule has 10 atom stereocenters. The van der Waals surface area contributed by atoms with E-state index in [1.165, 1.54) is 23.0 Å². The van der Waals surface area contributed by atoms with E-state index in [-0.39, 0.29) is 45.6 Å². The van der Waals surface area contributed by atoms with Crippen LogP contribution in [0.25, 0.3) is 22.3 Å². The molecule has 2 aromatic carbocycles. The highest BCUT2D eigenvalue weighted by molar-refractivity contribution is 8.54. The fraction of sp³-hybridized carbons (Fsp3) is 0.378. The number of benzene rings is 2. The molecule has 7 heterocycles. The standard InChI is InChI=1S/C37H37BF2N10O12P2S/c1-2-11-55-20-9-5-19(6-10-20)36(52)58-21-7-3-18(4-8-21)14-65-64(54)57-13-23-28(24(39)35(60-23)50-17-46-27-32(50)47-37(42)48-33(27)51)61-63(38,53)56-12-22-29(62-64)25(40)34(59-22)49-16-45-26-30(41)43-15-44-31(26)49/h3-10,15-17,22-25,28-29,34-35H,2,11-14H2,1H3,(H2,41,43,44)(H3,42,47,48,51)/t22-,23-,24-,25-,28-,29-,34-,35-,63+,64+/m1/s1. The van der Waals surface area contributed by atoms with Gasteiger partial charge in [-0.3, -0.25) is 32.5 Å². The summed E-state index contributed by atoms with van der Waals surface area (Å²) < 4.78 is 111. The second kappa shape index (κ2) is 18.2. The third-order valence-corrected chi connectivity index (χ3v) is 15.0. The molecule has 5 N–H and O–H groups in total. The summed E-state index contributed by atoms with van der Waals surface area (Å²) in [6.45, 7) is -3.63. The lowest BCUT2D eigenvalue weighted by Gasteiger charge is -2.30. The second-order valence-corrected chi connectivity index (χ2v) is 20.4. The Labute approximate surface area is 371 Å². The van der Waals surface area contributed by atoms with E-state index in [1.54, 1.807) is 36.4 Å². The zero-order valence-electron chi connectivity index (χ0n) is 33.8. The molecule has 6 aromatic rings. The molecule has 0 bridgehead atoms. The summed E-state index contributed by atoms with van der Waals surface area (Å²) in [4.78, 5) is 47.9. The minimum absolute atomic E-state index is 0.00870. The molecule has 28 heteroatoms. The van der Waals surface area contributed by atoms with Crippen LogP contribution >= 0.6 is 25.7 Å². The zero-order chi connectivity index (χ0) is 45.6. The van der Waals surface area contributed by atoms with Crippen LogP contribution in [0.4, 0.5) is 20.5 Å². The number of alkyl halides is 2. The van der Waals surface area contributed by atoms with Gasteiger partial charge in [-0.2, -0.15) is 4.98 Å². The summed E-state index contributed by atoms with van der Waals surface area (Å²) in [5.41, 5.74) is 11.7. The Bertz CT molecular complexity index is 2880. The number of carbonyl (C=O) groups is 1. The smallest absolute Gasteiger partial charge is 0.389 e. The van der Waals surface area contributed by atoms with E-state index in [1.807, 2.05) is 6.92 Å². The summed E-state index contributed by atoms with van der Waals surface area (Å²) in [7, 11) is 1.24. The van der Waals surface area contributed by atoms with Crippen molar-refractivity contribution in [2.45, 2.75) is 68.3 Å². The molecule has 22 nitrogen and oxygen atoms in total. The highest BCUT2D eigenvalue weighted by Crippen LogP contribution is 2.65. The average Bonchev–Trinajstić information content (AvgIpc) is 4.05. The van der Waals surface area contributed by atoms with Crippen molar-refractivity contribution in [1.82, 2.24) is 39.0 Å². The van der Waals surface area contributed by atoms with E-state index < -0.39 is 88.2 Å². The number of H-pyrrole nitrogens is 1. The van der Waals surface area contributed by atoms with Gasteiger partial charge in [0.25, 0.3) is 13.0 Å². The average molecular weight is 957 g/mol. The van der Waals surface area contributed by atoms with Crippen LogP contribution in [-0.4, -0.2) is 109 Å². The predicted molar refractivity (Wildman–Crippen MR) is 227 cm³/mol. The number of rotatable bonds is 10. The van der Waals surface area contributed by atoms with Gasteiger partial charge in [0.15, 0.2) is 47.4 Å². The molecule has 3 fully saturated rings. The first kappa shape index (κ1) is 44.9. The molecule has 9 rings (SSSR count). The normalized spacial score (nSPS) is 29.5. The van der Waals surface area contributed by atoms with Gasteiger partial charge in [0.1, 0.15) is 47.8 Å². The Balaban J connectivity index is 0.981. The molecule has 65 heavy (non-hydrogen) atoms. The van der Waals surface area contributed by atoms with E-state index in [0.717, 1.165) is 23.6 Å². The molecular weight excluding hydrogens is 919 g/mol. The number of esters is 1. The molecular formula is C37H37BF2N10O12P2S. The summed E-state index contributed by atoms with van der Waals surface area (Å²) >= 11 is 0.645. The van der Waals surface area contributed by atoms with Gasteiger partial charge in [-0.15, -0.1) is 0 Å². The first-order chi connectivity index (χ1) is 31.2. The fourth-order valence-electron chi connectivity index (χ4n) is 7.21. The molecule has 3 aliphatic heterocycles. The summed E-state index contributed by atoms with van der Waals surface area (Å²) in [5.74, 6) is -0.156. The third-order valence-electron chi connectivity index (χ3n) is 10.3. The maximum atomic E-state index is 16.8. The number of nitrogens with zero attached hydrogens (tertiary/aromatic N) is 7. The van der Waals surface area contributed by atoms with Crippen LogP contribution in [0.2, 0.25) is 0 Å². The highest BCUT2D eigenvalue weighted by atomic mass is 32.7. The monoisotopic (exact) mass is 956 g/mol. The number of aromatic nitrogens is 8. The molecule has 0 aliphatic carbocycles. The number of nitrogen functional groups attached to an aromatic ring is 2. The summed E-state index contributed by atoms with van der Waals surface area (Å²) in [5, 5.41) is 0. The Morgan fingerprint density at radius 1 is 0.877 bits per heavy atom. The minimum atomic E-state index is -4.75. The van der Waals surface area contributed by atoms with E-state index in [4.69, 9.17) is 56.1 Å². The Morgan fingerprint density at radius 3 is 2.20 bits per heavy atom. The van der Waals surface area contributed by atoms with E-state index in [9.17, 15) is 18.7 Å². The van der Waals surface area contributed by atoms with Gasteiger partial charge < -0.3 is 39.5 Å². The second-order valence-electron chi connectivity index (χ2n) is 14.8. The highest BCUT2D eigenvalue weighted by Gasteiger charge is 2.54. The van der Waals surface area contributed by atoms with Crippen molar-refractivity contribution in [2.75, 3.05) is 31.3 Å². The Hall–Kier alpha value is -5.30. The van der Waals surface area contributed by atoms with Crippen molar-refractivity contribution in [2.24, 2.45) is 0 Å². The number of anilines is 2. The van der Waals surface area contributed by atoms with Crippen molar-refractivity contribution in [3.05, 3.63) is 89.0 Å². The lowest BCUT2D eigenvalue weighted by Crippen LogP contribution is -2.37. The van der Waals surface area contributed by atoms with Crippen LogP contribution in [0.3, 0.4) is 0 Å². The quantitative estimate of drug-likeness (QED) is 0.0723. The largest absolute Gasteiger partial charge is 0.494 e. The van der Waals surface area contributed by atoms with Gasteiger partial charge in [-0.05, 0) is 59.8 Å². The summed E-state index contributed by atoms with van der Waals surface area (Å²) in [6.07, 6.45) is -9.90.